The molecule has 0 aromatic carbocycles. The van der Waals surface area contributed by atoms with E-state index in [1.807, 2.05) is 67.2 Å². The molecule has 0 aromatic rings. The van der Waals surface area contributed by atoms with Gasteiger partial charge in [0.05, 0.1) is 38.7 Å². The van der Waals surface area contributed by atoms with E-state index < -0.39 is 0 Å². The number of carbonyl (C=O) groups is 1. The fraction of sp³-hybridized carbons (Fsp3) is 0.533. The molecular formula is C15H19NO2S7. The van der Waals surface area contributed by atoms with Gasteiger partial charge >= 0.3 is 0 Å². The van der Waals surface area contributed by atoms with Crippen LogP contribution in [0.5, 0.6) is 0 Å². The monoisotopic (exact) mass is 469 g/mol. The standard InChI is InChI=1S/C15H19NO2S7/c1-7(2)8(6-17)16-10(18)9-11(19-3)23-14(22-9)15-24-12-13(25-15)21-5-4-20-12/h7-8,17H,4-6H2,1-3H3,(H,16,18)/t8-/m1/s1. The van der Waals surface area contributed by atoms with E-state index in [1.54, 1.807) is 35.3 Å². The molecule has 3 rings (SSSR count). The molecule has 0 aliphatic carbocycles. The summed E-state index contributed by atoms with van der Waals surface area (Å²) in [6, 6.07) is -0.206. The predicted molar refractivity (Wildman–Crippen MR) is 124 cm³/mol. The maximum Gasteiger partial charge on any atom is 0.260 e. The van der Waals surface area contributed by atoms with Crippen molar-refractivity contribution in [1.29, 1.82) is 0 Å². The zero-order valence-electron chi connectivity index (χ0n) is 14.0. The molecule has 0 bridgehead atoms. The predicted octanol–water partition coefficient (Wildman–Crippen LogP) is 5.34. The maximum atomic E-state index is 12.7. The molecule has 0 spiro atoms. The van der Waals surface area contributed by atoms with E-state index >= 15 is 0 Å². The quantitative estimate of drug-likeness (QED) is 0.555. The third-order valence-electron chi connectivity index (χ3n) is 3.53. The van der Waals surface area contributed by atoms with Gasteiger partial charge in [0.15, 0.2) is 0 Å². The molecule has 0 fully saturated rings. The Morgan fingerprint density at radius 3 is 2.20 bits per heavy atom. The van der Waals surface area contributed by atoms with E-state index in [2.05, 4.69) is 5.32 Å². The first kappa shape index (κ1) is 20.8. The lowest BCUT2D eigenvalue weighted by atomic mass is 10.1. The second-order valence-corrected chi connectivity index (χ2v) is 14.0. The Bertz CT molecular complexity index is 636. The highest BCUT2D eigenvalue weighted by Crippen LogP contribution is 2.65. The van der Waals surface area contributed by atoms with Crippen LogP contribution in [0.3, 0.4) is 0 Å². The number of aliphatic hydroxyl groups is 1. The minimum atomic E-state index is -0.206. The van der Waals surface area contributed by atoms with E-state index in [1.165, 1.54) is 28.5 Å². The van der Waals surface area contributed by atoms with Crippen LogP contribution < -0.4 is 5.32 Å². The summed E-state index contributed by atoms with van der Waals surface area (Å²) in [5.74, 6) is 2.49. The van der Waals surface area contributed by atoms with E-state index in [9.17, 15) is 9.90 Å². The zero-order chi connectivity index (χ0) is 18.0. The summed E-state index contributed by atoms with van der Waals surface area (Å²) < 4.78 is 6.42. The molecule has 3 aliphatic rings. The molecule has 0 radical (unpaired) electrons. The first-order valence-corrected chi connectivity index (χ1v) is 14.1. The normalized spacial score (nSPS) is 22.1. The lowest BCUT2D eigenvalue weighted by Gasteiger charge is -2.20. The molecule has 1 atom stereocenters. The van der Waals surface area contributed by atoms with Gasteiger partial charge in [-0.2, -0.15) is 0 Å². The molecule has 3 nitrogen and oxygen atoms in total. The Morgan fingerprint density at radius 2 is 1.68 bits per heavy atom. The Balaban J connectivity index is 1.71. The Kier molecular flexibility index (Phi) is 7.94. The number of rotatable bonds is 5. The second-order valence-electron chi connectivity index (χ2n) is 5.58. The van der Waals surface area contributed by atoms with Crippen molar-refractivity contribution in [2.24, 2.45) is 5.92 Å². The Labute approximate surface area is 178 Å². The van der Waals surface area contributed by atoms with E-state index in [0.717, 1.165) is 9.14 Å². The lowest BCUT2D eigenvalue weighted by molar-refractivity contribution is -0.118. The van der Waals surface area contributed by atoms with E-state index in [0.29, 0.717) is 0 Å². The van der Waals surface area contributed by atoms with Crippen molar-refractivity contribution in [3.63, 3.8) is 0 Å². The van der Waals surface area contributed by atoms with Gasteiger partial charge in [-0.3, -0.25) is 4.79 Å². The molecule has 10 heteroatoms. The van der Waals surface area contributed by atoms with Crippen LogP contribution in [0.2, 0.25) is 0 Å². The van der Waals surface area contributed by atoms with Crippen molar-refractivity contribution in [1.82, 2.24) is 5.32 Å². The number of carbonyl (C=O) groups excluding carboxylic acids is 1. The summed E-state index contributed by atoms with van der Waals surface area (Å²) in [6.45, 7) is 3.98. The van der Waals surface area contributed by atoms with Gasteiger partial charge in [-0.1, -0.05) is 60.9 Å². The van der Waals surface area contributed by atoms with E-state index in [-0.39, 0.29) is 24.5 Å². The van der Waals surface area contributed by atoms with Gasteiger partial charge in [0.2, 0.25) is 0 Å². The average Bonchev–Trinajstić information content (AvgIpc) is 3.22. The Hall–Kier alpha value is 1.10. The summed E-state index contributed by atoms with van der Waals surface area (Å²) in [6.07, 6.45) is 2.01. The molecular weight excluding hydrogens is 451 g/mol. The van der Waals surface area contributed by atoms with Gasteiger partial charge < -0.3 is 10.4 Å². The second kappa shape index (κ2) is 9.54. The molecule has 0 saturated carbocycles. The van der Waals surface area contributed by atoms with Gasteiger partial charge in [0, 0.05) is 11.5 Å². The molecule has 3 heterocycles. The highest BCUT2D eigenvalue weighted by atomic mass is 32.3. The highest BCUT2D eigenvalue weighted by Gasteiger charge is 2.34. The van der Waals surface area contributed by atoms with Crippen LogP contribution in [0, 0.1) is 5.92 Å². The Morgan fingerprint density at radius 1 is 1.08 bits per heavy atom. The minimum absolute atomic E-state index is 0.0339. The number of amides is 1. The van der Waals surface area contributed by atoms with Gasteiger partial charge in [-0.05, 0) is 12.2 Å². The van der Waals surface area contributed by atoms with Gasteiger partial charge in [-0.15, -0.1) is 35.3 Å². The molecule has 25 heavy (non-hydrogen) atoms. The first-order chi connectivity index (χ1) is 12.0. The average molecular weight is 470 g/mol. The molecule has 2 N–H and O–H groups in total. The third-order valence-corrected chi connectivity index (χ3v) is 13.7. The van der Waals surface area contributed by atoms with Gasteiger partial charge in [0.25, 0.3) is 5.91 Å². The SMILES string of the molecule is CSC1=C(C(=O)N[C@H](CO)C(C)C)SC(=C2SC3=C(SCCS3)S2)S1. The summed E-state index contributed by atoms with van der Waals surface area (Å²) in [7, 11) is 0. The van der Waals surface area contributed by atoms with Gasteiger partial charge in [0.1, 0.15) is 0 Å². The number of aliphatic hydroxyl groups excluding tert-OH is 1. The summed E-state index contributed by atoms with van der Waals surface area (Å²) in [4.78, 5) is 13.5. The van der Waals surface area contributed by atoms with Crippen molar-refractivity contribution >= 4 is 88.2 Å². The van der Waals surface area contributed by atoms with Crippen molar-refractivity contribution < 1.29 is 9.90 Å². The highest BCUT2D eigenvalue weighted by molar-refractivity contribution is 8.43. The molecule has 0 saturated heterocycles. The molecule has 138 valence electrons. The summed E-state index contributed by atoms with van der Waals surface area (Å²) in [5, 5.41) is 12.5. The van der Waals surface area contributed by atoms with Crippen molar-refractivity contribution in [3.05, 3.63) is 26.1 Å². The smallest absolute Gasteiger partial charge is 0.260 e. The summed E-state index contributed by atoms with van der Waals surface area (Å²) in [5.41, 5.74) is 0. The van der Waals surface area contributed by atoms with Crippen LogP contribution in [-0.2, 0) is 4.79 Å². The zero-order valence-corrected chi connectivity index (χ0v) is 19.7. The van der Waals surface area contributed by atoms with Crippen LogP contribution in [0.15, 0.2) is 26.1 Å². The van der Waals surface area contributed by atoms with E-state index in [4.69, 9.17) is 0 Å². The van der Waals surface area contributed by atoms with Crippen molar-refractivity contribution in [3.8, 4) is 0 Å². The van der Waals surface area contributed by atoms with Crippen LogP contribution in [0.1, 0.15) is 13.8 Å². The van der Waals surface area contributed by atoms with Crippen LogP contribution >= 0.6 is 82.3 Å². The largest absolute Gasteiger partial charge is 0.394 e. The van der Waals surface area contributed by atoms with Crippen molar-refractivity contribution in [2.75, 3.05) is 24.4 Å². The number of hydrogen-bond donors (Lipinski definition) is 2. The topological polar surface area (TPSA) is 49.3 Å². The number of nitrogens with one attached hydrogen (secondary N) is 1. The van der Waals surface area contributed by atoms with Crippen molar-refractivity contribution in [2.45, 2.75) is 19.9 Å². The first-order valence-electron chi connectivity index (χ1n) is 7.69. The molecule has 3 aliphatic heterocycles. The maximum absolute atomic E-state index is 12.7. The minimum Gasteiger partial charge on any atom is -0.394 e. The third kappa shape index (κ3) is 4.93. The van der Waals surface area contributed by atoms with Gasteiger partial charge in [-0.25, -0.2) is 0 Å². The number of thioether (sulfide) groups is 7. The fourth-order valence-electron chi connectivity index (χ4n) is 2.10. The van der Waals surface area contributed by atoms with Crippen LogP contribution in [-0.4, -0.2) is 41.4 Å². The lowest BCUT2D eigenvalue weighted by Crippen LogP contribution is -2.41. The number of hydrogen-bond acceptors (Lipinski definition) is 9. The van der Waals surface area contributed by atoms with Crippen LogP contribution in [0.4, 0.5) is 0 Å². The summed E-state index contributed by atoms with van der Waals surface area (Å²) >= 11 is 12.5. The molecule has 0 aromatic heterocycles. The molecule has 1 amide bonds. The van der Waals surface area contributed by atoms with Crippen LogP contribution in [0.25, 0.3) is 0 Å². The fourth-order valence-corrected chi connectivity index (χ4v) is 12.0. The molecule has 0 unspecified atom stereocenters.